The van der Waals surface area contributed by atoms with Gasteiger partial charge >= 0.3 is 0 Å². The summed E-state index contributed by atoms with van der Waals surface area (Å²) in [6.45, 7) is 6.10. The molecule has 0 amide bonds. The van der Waals surface area contributed by atoms with Gasteiger partial charge in [-0.05, 0) is 48.2 Å². The predicted molar refractivity (Wildman–Crippen MR) is 113 cm³/mol. The van der Waals surface area contributed by atoms with Crippen LogP contribution in [-0.4, -0.2) is 14.8 Å². The van der Waals surface area contributed by atoms with Crippen molar-refractivity contribution in [3.05, 3.63) is 97.3 Å². The molecule has 0 saturated carbocycles. The van der Waals surface area contributed by atoms with Gasteiger partial charge in [-0.25, -0.2) is 9.07 Å². The molecule has 5 nitrogen and oxygen atoms in total. The van der Waals surface area contributed by atoms with Crippen LogP contribution < -0.4 is 11.0 Å². The molecule has 4 aromatic rings. The van der Waals surface area contributed by atoms with Crippen LogP contribution in [0.5, 0.6) is 0 Å². The summed E-state index contributed by atoms with van der Waals surface area (Å²) in [5.74, 6) is 0.0472. The number of nitrogens with zero attached hydrogens (tertiary/aromatic N) is 1. The van der Waals surface area contributed by atoms with Crippen molar-refractivity contribution < 1.29 is 4.39 Å². The molecule has 0 fully saturated rings. The van der Waals surface area contributed by atoms with Gasteiger partial charge in [0.25, 0.3) is 5.56 Å². The minimum Gasteiger partial charge on any atom is -0.343 e. The topological polar surface area (TPSA) is 70.7 Å². The fourth-order valence-corrected chi connectivity index (χ4v) is 3.53. The number of benzene rings is 2. The van der Waals surface area contributed by atoms with Gasteiger partial charge in [-0.2, -0.15) is 0 Å². The average Bonchev–Trinajstić information content (AvgIpc) is 3.02. The minimum atomic E-state index is -0.454. The predicted octanol–water partition coefficient (Wildman–Crippen LogP) is 4.17. The van der Waals surface area contributed by atoms with Gasteiger partial charge in [0.1, 0.15) is 16.9 Å². The number of hydrogen-bond acceptors (Lipinski definition) is 2. The lowest BCUT2D eigenvalue weighted by molar-refractivity contribution is 0.627. The molecule has 2 heterocycles. The first-order valence-electron chi connectivity index (χ1n) is 9.56. The molecular weight excluding hydrogens is 369 g/mol. The first-order valence-corrected chi connectivity index (χ1v) is 9.56. The van der Waals surface area contributed by atoms with Crippen LogP contribution in [0, 0.1) is 12.7 Å². The third-order valence-corrected chi connectivity index (χ3v) is 5.27. The fraction of sp³-hybridized carbons (Fsp3) is 0.217. The van der Waals surface area contributed by atoms with E-state index in [4.69, 9.17) is 0 Å². The first kappa shape index (κ1) is 18.9. The lowest BCUT2D eigenvalue weighted by atomic mass is 9.98. The number of fused-ring (bicyclic) bond motifs is 1. The molecule has 0 aliphatic carbocycles. The number of halogens is 1. The Hall–Kier alpha value is -3.41. The second kappa shape index (κ2) is 7.20. The molecule has 0 unspecified atom stereocenters. The highest BCUT2D eigenvalue weighted by Gasteiger charge is 2.17. The van der Waals surface area contributed by atoms with E-state index in [9.17, 15) is 14.0 Å². The Morgan fingerprint density at radius 1 is 1.00 bits per heavy atom. The average molecular weight is 391 g/mol. The number of pyridine rings is 1. The number of H-pyrrole nitrogens is 2. The van der Waals surface area contributed by atoms with Gasteiger partial charge in [0.05, 0.1) is 5.69 Å². The molecule has 0 aliphatic rings. The number of rotatable bonds is 4. The Morgan fingerprint density at radius 2 is 1.66 bits per heavy atom. The maximum Gasteiger partial charge on any atom is 0.284 e. The molecule has 0 radical (unpaired) electrons. The van der Waals surface area contributed by atoms with E-state index in [0.717, 1.165) is 5.56 Å². The SMILES string of the molecule is Cc1[nH]c2[nH]n(-c3ccc(F)cc3)c(=O)c2c(=O)c1Cc1ccc(C(C)C)cc1. The molecule has 29 heavy (non-hydrogen) atoms. The van der Waals surface area contributed by atoms with Crippen LogP contribution >= 0.6 is 0 Å². The molecule has 2 aromatic heterocycles. The summed E-state index contributed by atoms with van der Waals surface area (Å²) in [5.41, 5.74) is 3.61. The summed E-state index contributed by atoms with van der Waals surface area (Å²) in [4.78, 5) is 29.2. The summed E-state index contributed by atoms with van der Waals surface area (Å²) in [6, 6.07) is 13.7. The normalized spacial score (nSPS) is 11.5. The Kier molecular flexibility index (Phi) is 4.70. The van der Waals surface area contributed by atoms with Gasteiger partial charge in [-0.15, -0.1) is 0 Å². The molecule has 0 spiro atoms. The van der Waals surface area contributed by atoms with E-state index >= 15 is 0 Å². The zero-order chi connectivity index (χ0) is 20.7. The molecule has 0 bridgehead atoms. The molecule has 6 heteroatoms. The molecule has 4 rings (SSSR count). The van der Waals surface area contributed by atoms with Crippen molar-refractivity contribution in [1.29, 1.82) is 0 Å². The zero-order valence-corrected chi connectivity index (χ0v) is 16.5. The van der Waals surface area contributed by atoms with Crippen LogP contribution in [0.1, 0.15) is 42.1 Å². The van der Waals surface area contributed by atoms with Gasteiger partial charge in [0.2, 0.25) is 0 Å². The third kappa shape index (κ3) is 3.42. The van der Waals surface area contributed by atoms with Crippen LogP contribution in [0.15, 0.2) is 58.1 Å². The first-order chi connectivity index (χ1) is 13.8. The molecule has 2 N–H and O–H groups in total. The van der Waals surface area contributed by atoms with E-state index in [2.05, 4.69) is 36.1 Å². The Morgan fingerprint density at radius 3 is 2.28 bits per heavy atom. The van der Waals surface area contributed by atoms with Crippen LogP contribution in [0.3, 0.4) is 0 Å². The summed E-state index contributed by atoms with van der Waals surface area (Å²) < 4.78 is 14.5. The van der Waals surface area contributed by atoms with Crippen molar-refractivity contribution in [1.82, 2.24) is 14.8 Å². The molecule has 2 aromatic carbocycles. The van der Waals surface area contributed by atoms with Gasteiger partial charge in [-0.3, -0.25) is 14.7 Å². The zero-order valence-electron chi connectivity index (χ0n) is 16.5. The van der Waals surface area contributed by atoms with Crippen molar-refractivity contribution in [2.24, 2.45) is 0 Å². The maximum absolute atomic E-state index is 13.2. The Labute approximate surface area is 166 Å². The van der Waals surface area contributed by atoms with Crippen molar-refractivity contribution in [2.75, 3.05) is 0 Å². The molecular formula is C23H22FN3O2. The second-order valence-corrected chi connectivity index (χ2v) is 7.61. The number of aromatic nitrogens is 3. The smallest absolute Gasteiger partial charge is 0.284 e. The van der Waals surface area contributed by atoms with Crippen molar-refractivity contribution >= 4 is 11.0 Å². The highest BCUT2D eigenvalue weighted by atomic mass is 19.1. The molecule has 148 valence electrons. The molecule has 0 atom stereocenters. The van der Waals surface area contributed by atoms with E-state index in [0.29, 0.717) is 34.9 Å². The lowest BCUT2D eigenvalue weighted by Gasteiger charge is -2.08. The second-order valence-electron chi connectivity index (χ2n) is 7.61. The molecule has 0 saturated heterocycles. The Bertz CT molecular complexity index is 1290. The summed E-state index contributed by atoms with van der Waals surface area (Å²) in [7, 11) is 0. The van der Waals surface area contributed by atoms with E-state index in [1.165, 1.54) is 34.5 Å². The minimum absolute atomic E-state index is 0.0775. The van der Waals surface area contributed by atoms with Crippen molar-refractivity contribution in [3.63, 3.8) is 0 Å². The molecule has 0 aliphatic heterocycles. The fourth-order valence-electron chi connectivity index (χ4n) is 3.53. The van der Waals surface area contributed by atoms with Crippen LogP contribution in [0.2, 0.25) is 0 Å². The number of aromatic amines is 2. The van der Waals surface area contributed by atoms with E-state index in [1.807, 2.05) is 19.1 Å². The number of nitrogens with one attached hydrogen (secondary N) is 2. The van der Waals surface area contributed by atoms with Crippen LogP contribution in [0.25, 0.3) is 16.7 Å². The van der Waals surface area contributed by atoms with Crippen LogP contribution in [-0.2, 0) is 6.42 Å². The summed E-state index contributed by atoms with van der Waals surface area (Å²) in [5, 5.41) is 3.00. The monoisotopic (exact) mass is 391 g/mol. The lowest BCUT2D eigenvalue weighted by Crippen LogP contribution is -2.21. The van der Waals surface area contributed by atoms with Crippen LogP contribution in [0.4, 0.5) is 4.39 Å². The van der Waals surface area contributed by atoms with E-state index in [1.54, 1.807) is 0 Å². The quantitative estimate of drug-likeness (QED) is 0.548. The summed E-state index contributed by atoms with van der Waals surface area (Å²) in [6.07, 6.45) is 0.441. The largest absolute Gasteiger partial charge is 0.343 e. The number of aryl methyl sites for hydroxylation is 1. The van der Waals surface area contributed by atoms with Crippen molar-refractivity contribution in [2.45, 2.75) is 33.1 Å². The van der Waals surface area contributed by atoms with E-state index in [-0.39, 0.29) is 10.8 Å². The Balaban J connectivity index is 1.80. The van der Waals surface area contributed by atoms with Gasteiger partial charge in [-0.1, -0.05) is 38.1 Å². The third-order valence-electron chi connectivity index (χ3n) is 5.27. The highest BCUT2D eigenvalue weighted by Crippen LogP contribution is 2.18. The van der Waals surface area contributed by atoms with Gasteiger partial charge < -0.3 is 4.98 Å². The standard InChI is InChI=1S/C23H22FN3O2/c1-13(2)16-6-4-15(5-7-16)12-19-14(3)25-22-20(21(19)28)23(29)27(26-22)18-10-8-17(24)9-11-18/h4-11,13H,12H2,1-3H3,(H2,25,26,28). The highest BCUT2D eigenvalue weighted by molar-refractivity contribution is 5.75. The van der Waals surface area contributed by atoms with Gasteiger partial charge in [0.15, 0.2) is 5.43 Å². The van der Waals surface area contributed by atoms with Crippen molar-refractivity contribution in [3.8, 4) is 5.69 Å². The summed E-state index contributed by atoms with van der Waals surface area (Å²) >= 11 is 0. The maximum atomic E-state index is 13.2. The van der Waals surface area contributed by atoms with Gasteiger partial charge in [0, 0.05) is 17.7 Å². The number of hydrogen-bond donors (Lipinski definition) is 2. The van der Waals surface area contributed by atoms with E-state index < -0.39 is 11.4 Å².